The van der Waals surface area contributed by atoms with Crippen molar-refractivity contribution in [3.8, 4) is 0 Å². The summed E-state index contributed by atoms with van der Waals surface area (Å²) in [5.74, 6) is 0.340. The summed E-state index contributed by atoms with van der Waals surface area (Å²) in [5.41, 5.74) is 4.96. The lowest BCUT2D eigenvalue weighted by Gasteiger charge is -2.22. The summed E-state index contributed by atoms with van der Waals surface area (Å²) >= 11 is 0. The van der Waals surface area contributed by atoms with Crippen molar-refractivity contribution in [2.45, 2.75) is 52.4 Å². The Bertz CT molecular complexity index is 441. The molecule has 1 nitrogen and oxygen atoms in total. The molecule has 0 aromatic heterocycles. The first-order valence-electron chi connectivity index (χ1n) is 6.19. The van der Waals surface area contributed by atoms with Crippen LogP contribution in [0.25, 0.3) is 0 Å². The van der Waals surface area contributed by atoms with Crippen molar-refractivity contribution >= 4 is 5.78 Å². The highest BCUT2D eigenvalue weighted by molar-refractivity contribution is 6.03. The standard InChI is InChI=1S/C15H20O/c1-5-10-7-8-11(6-2)14-13(10)12(16)9-15(14,3)4/h7-8H,5-6,9H2,1-4H3. The fourth-order valence-corrected chi connectivity index (χ4v) is 2.95. The maximum Gasteiger partial charge on any atom is 0.164 e. The highest BCUT2D eigenvalue weighted by Gasteiger charge is 2.38. The molecule has 86 valence electrons. The predicted molar refractivity (Wildman–Crippen MR) is 67.2 cm³/mol. The Morgan fingerprint density at radius 2 is 1.69 bits per heavy atom. The lowest BCUT2D eigenvalue weighted by atomic mass is 9.82. The molecule has 0 radical (unpaired) electrons. The summed E-state index contributed by atoms with van der Waals surface area (Å²) in [6.45, 7) is 8.67. The Morgan fingerprint density at radius 3 is 2.25 bits per heavy atom. The van der Waals surface area contributed by atoms with Gasteiger partial charge in [0.15, 0.2) is 5.78 Å². The summed E-state index contributed by atoms with van der Waals surface area (Å²) in [7, 11) is 0. The first-order chi connectivity index (χ1) is 7.51. The van der Waals surface area contributed by atoms with Gasteiger partial charge in [0.2, 0.25) is 0 Å². The predicted octanol–water partition coefficient (Wildman–Crippen LogP) is 3.68. The molecule has 0 spiro atoms. The lowest BCUT2D eigenvalue weighted by Crippen LogP contribution is -2.15. The Balaban J connectivity index is 2.74. The van der Waals surface area contributed by atoms with Crippen molar-refractivity contribution in [2.24, 2.45) is 0 Å². The first-order valence-corrected chi connectivity index (χ1v) is 6.19. The van der Waals surface area contributed by atoms with E-state index in [1.165, 1.54) is 16.7 Å². The van der Waals surface area contributed by atoms with Crippen molar-refractivity contribution in [3.05, 3.63) is 34.4 Å². The van der Waals surface area contributed by atoms with E-state index < -0.39 is 0 Å². The number of hydrogen-bond donors (Lipinski definition) is 0. The molecule has 0 heterocycles. The van der Waals surface area contributed by atoms with Gasteiger partial charge in [0.1, 0.15) is 0 Å². The van der Waals surface area contributed by atoms with E-state index in [2.05, 4.69) is 39.8 Å². The molecule has 0 unspecified atom stereocenters. The average Bonchev–Trinajstić information content (AvgIpc) is 2.49. The van der Waals surface area contributed by atoms with Gasteiger partial charge in [-0.1, -0.05) is 39.8 Å². The largest absolute Gasteiger partial charge is 0.294 e. The molecule has 2 rings (SSSR count). The van der Waals surface area contributed by atoms with Crippen LogP contribution in [0.2, 0.25) is 0 Å². The Hall–Kier alpha value is -1.11. The topological polar surface area (TPSA) is 17.1 Å². The van der Waals surface area contributed by atoms with Crippen LogP contribution in [0.4, 0.5) is 0 Å². The zero-order valence-electron chi connectivity index (χ0n) is 10.7. The highest BCUT2D eigenvalue weighted by atomic mass is 16.1. The molecule has 1 aromatic carbocycles. The van der Waals surface area contributed by atoms with Gasteiger partial charge in [0.25, 0.3) is 0 Å². The van der Waals surface area contributed by atoms with Gasteiger partial charge in [-0.15, -0.1) is 0 Å². The van der Waals surface area contributed by atoms with E-state index in [1.807, 2.05) is 0 Å². The van der Waals surface area contributed by atoms with Crippen LogP contribution in [0.15, 0.2) is 12.1 Å². The zero-order valence-corrected chi connectivity index (χ0v) is 10.7. The third-order valence-electron chi connectivity index (χ3n) is 3.70. The van der Waals surface area contributed by atoms with Crippen molar-refractivity contribution in [1.29, 1.82) is 0 Å². The van der Waals surface area contributed by atoms with Gasteiger partial charge in [-0.2, -0.15) is 0 Å². The number of carbonyl (C=O) groups excluding carboxylic acids is 1. The van der Waals surface area contributed by atoms with Crippen LogP contribution in [0.5, 0.6) is 0 Å². The van der Waals surface area contributed by atoms with E-state index in [-0.39, 0.29) is 5.41 Å². The summed E-state index contributed by atoms with van der Waals surface area (Å²) in [4.78, 5) is 12.1. The van der Waals surface area contributed by atoms with E-state index in [9.17, 15) is 4.79 Å². The second-order valence-corrected chi connectivity index (χ2v) is 5.32. The number of ketones is 1. The molecule has 0 amide bonds. The molecule has 1 heteroatoms. The molecule has 1 aliphatic carbocycles. The van der Waals surface area contributed by atoms with Gasteiger partial charge < -0.3 is 0 Å². The number of fused-ring (bicyclic) bond motifs is 1. The zero-order chi connectivity index (χ0) is 11.9. The van der Waals surface area contributed by atoms with Crippen molar-refractivity contribution < 1.29 is 4.79 Å². The van der Waals surface area contributed by atoms with E-state index in [0.29, 0.717) is 12.2 Å². The number of Topliss-reactive ketones (excluding diaryl/α,β-unsaturated/α-hetero) is 1. The maximum absolute atomic E-state index is 12.1. The smallest absolute Gasteiger partial charge is 0.164 e. The van der Waals surface area contributed by atoms with Crippen LogP contribution in [-0.4, -0.2) is 5.78 Å². The third kappa shape index (κ3) is 1.50. The molecule has 0 fully saturated rings. The average molecular weight is 216 g/mol. The van der Waals surface area contributed by atoms with Gasteiger partial charge in [-0.25, -0.2) is 0 Å². The minimum Gasteiger partial charge on any atom is -0.294 e. The van der Waals surface area contributed by atoms with Crippen LogP contribution < -0.4 is 0 Å². The van der Waals surface area contributed by atoms with E-state index in [4.69, 9.17) is 0 Å². The third-order valence-corrected chi connectivity index (χ3v) is 3.70. The summed E-state index contributed by atoms with van der Waals surface area (Å²) in [6, 6.07) is 4.34. The van der Waals surface area contributed by atoms with Crippen LogP contribution in [0, 0.1) is 0 Å². The quantitative estimate of drug-likeness (QED) is 0.737. The number of benzene rings is 1. The molecule has 0 bridgehead atoms. The first kappa shape index (κ1) is 11.4. The second-order valence-electron chi connectivity index (χ2n) is 5.32. The van der Waals surface area contributed by atoms with Gasteiger partial charge >= 0.3 is 0 Å². The normalized spacial score (nSPS) is 17.6. The fraction of sp³-hybridized carbons (Fsp3) is 0.533. The molecule has 0 saturated carbocycles. The molecule has 1 aliphatic rings. The molecular weight excluding hydrogens is 196 g/mol. The van der Waals surface area contributed by atoms with Crippen molar-refractivity contribution in [3.63, 3.8) is 0 Å². The summed E-state index contributed by atoms with van der Waals surface area (Å²) in [6.07, 6.45) is 2.64. The van der Waals surface area contributed by atoms with Gasteiger partial charge in [0, 0.05) is 12.0 Å². The van der Waals surface area contributed by atoms with Crippen LogP contribution >= 0.6 is 0 Å². The minimum absolute atomic E-state index is 0.0307. The maximum atomic E-state index is 12.1. The SMILES string of the molecule is CCc1ccc(CC)c2c1C(=O)CC2(C)C. The van der Waals surface area contributed by atoms with Gasteiger partial charge in [-0.05, 0) is 34.9 Å². The molecule has 0 saturated heterocycles. The number of rotatable bonds is 2. The molecule has 0 atom stereocenters. The van der Waals surface area contributed by atoms with Crippen LogP contribution in [-0.2, 0) is 18.3 Å². The summed E-state index contributed by atoms with van der Waals surface area (Å²) < 4.78 is 0. The molecule has 1 aromatic rings. The molecule has 0 N–H and O–H groups in total. The van der Waals surface area contributed by atoms with E-state index >= 15 is 0 Å². The van der Waals surface area contributed by atoms with E-state index in [0.717, 1.165) is 18.4 Å². The molecule has 16 heavy (non-hydrogen) atoms. The lowest BCUT2D eigenvalue weighted by molar-refractivity contribution is 0.0979. The fourth-order valence-electron chi connectivity index (χ4n) is 2.95. The van der Waals surface area contributed by atoms with E-state index in [1.54, 1.807) is 0 Å². The number of carbonyl (C=O) groups is 1. The van der Waals surface area contributed by atoms with Gasteiger partial charge in [0.05, 0.1) is 0 Å². The number of aryl methyl sites for hydroxylation is 2. The minimum atomic E-state index is 0.0307. The Labute approximate surface area is 97.9 Å². The Kier molecular flexibility index (Phi) is 2.65. The van der Waals surface area contributed by atoms with Crippen molar-refractivity contribution in [2.75, 3.05) is 0 Å². The monoisotopic (exact) mass is 216 g/mol. The van der Waals surface area contributed by atoms with Crippen LogP contribution in [0.1, 0.15) is 61.2 Å². The molecule has 0 aliphatic heterocycles. The highest BCUT2D eigenvalue weighted by Crippen LogP contribution is 2.42. The van der Waals surface area contributed by atoms with Crippen LogP contribution in [0.3, 0.4) is 0 Å². The number of hydrogen-bond acceptors (Lipinski definition) is 1. The van der Waals surface area contributed by atoms with Crippen molar-refractivity contribution in [1.82, 2.24) is 0 Å². The Morgan fingerprint density at radius 1 is 1.12 bits per heavy atom. The summed E-state index contributed by atoms with van der Waals surface area (Å²) in [5, 5.41) is 0. The second kappa shape index (κ2) is 3.73. The van der Waals surface area contributed by atoms with Gasteiger partial charge in [-0.3, -0.25) is 4.79 Å². The molecular formula is C15H20O.